The predicted molar refractivity (Wildman–Crippen MR) is 85.6 cm³/mol. The molecule has 4 nitrogen and oxygen atoms in total. The van der Waals surface area contributed by atoms with E-state index in [0.29, 0.717) is 0 Å². The molecule has 0 fully saturated rings. The van der Waals surface area contributed by atoms with Gasteiger partial charge in [0.1, 0.15) is 5.75 Å². The predicted octanol–water partition coefficient (Wildman–Crippen LogP) is 2.59. The lowest BCUT2D eigenvalue weighted by molar-refractivity contribution is -0.130. The number of nitrogens with one attached hydrogen (secondary N) is 1. The molecule has 0 aliphatic rings. The number of likely N-dealkylation sites (N-methyl/N-ethyl adjacent to an activating group) is 1. The van der Waals surface area contributed by atoms with Crippen LogP contribution in [0.15, 0.2) is 36.4 Å². The molecule has 0 radical (unpaired) electrons. The molecule has 0 aliphatic carbocycles. The molecule has 21 heavy (non-hydrogen) atoms. The van der Waals surface area contributed by atoms with E-state index in [0.717, 1.165) is 22.1 Å². The van der Waals surface area contributed by atoms with Gasteiger partial charge in [0.05, 0.1) is 0 Å². The van der Waals surface area contributed by atoms with Crippen molar-refractivity contribution >= 4 is 16.7 Å². The number of hydrogen-bond acceptors (Lipinski definition) is 3. The third-order valence-corrected chi connectivity index (χ3v) is 3.65. The Kier molecular flexibility index (Phi) is 4.81. The highest BCUT2D eigenvalue weighted by molar-refractivity contribution is 5.90. The minimum atomic E-state index is -0.0500. The summed E-state index contributed by atoms with van der Waals surface area (Å²) in [6.07, 6.45) is 0. The molecule has 4 heteroatoms. The fourth-order valence-electron chi connectivity index (χ4n) is 2.18. The van der Waals surface area contributed by atoms with Gasteiger partial charge in [-0.2, -0.15) is 0 Å². The number of nitrogens with zero attached hydrogens (tertiary/aromatic N) is 1. The summed E-state index contributed by atoms with van der Waals surface area (Å²) in [5.41, 5.74) is 1.06. The van der Waals surface area contributed by atoms with Crippen LogP contribution in [0.4, 0.5) is 0 Å². The molecule has 2 aromatic carbocycles. The highest BCUT2D eigenvalue weighted by Gasteiger charge is 2.15. The van der Waals surface area contributed by atoms with Crippen molar-refractivity contribution in [2.24, 2.45) is 0 Å². The summed E-state index contributed by atoms with van der Waals surface area (Å²) < 4.78 is 5.87. The van der Waals surface area contributed by atoms with Crippen molar-refractivity contribution in [1.29, 1.82) is 0 Å². The molecule has 0 spiro atoms. The number of amides is 1. The Balaban J connectivity index is 2.43. The molecule has 1 N–H and O–H groups in total. The van der Waals surface area contributed by atoms with Crippen LogP contribution in [0.1, 0.15) is 18.5 Å². The Morgan fingerprint density at radius 2 is 1.95 bits per heavy atom. The minimum Gasteiger partial charge on any atom is -0.483 e. The molecule has 2 aromatic rings. The van der Waals surface area contributed by atoms with E-state index in [1.807, 2.05) is 31.3 Å². The van der Waals surface area contributed by atoms with Crippen molar-refractivity contribution in [3.63, 3.8) is 0 Å². The summed E-state index contributed by atoms with van der Waals surface area (Å²) in [4.78, 5) is 13.3. The SMILES string of the molecule is CNC(C)c1ccc2ccccc2c1OCC(=O)N(C)C. The van der Waals surface area contributed by atoms with Crippen LogP contribution in [-0.2, 0) is 4.79 Å². The number of benzene rings is 2. The number of ether oxygens (including phenoxy) is 1. The molecule has 0 bridgehead atoms. The Morgan fingerprint density at radius 3 is 2.62 bits per heavy atom. The Hall–Kier alpha value is -2.07. The van der Waals surface area contributed by atoms with Crippen LogP contribution in [-0.4, -0.2) is 38.6 Å². The van der Waals surface area contributed by atoms with E-state index >= 15 is 0 Å². The monoisotopic (exact) mass is 286 g/mol. The number of fused-ring (bicyclic) bond motifs is 1. The van der Waals surface area contributed by atoms with Gasteiger partial charge in [-0.05, 0) is 19.4 Å². The van der Waals surface area contributed by atoms with Gasteiger partial charge in [0.15, 0.2) is 6.61 Å². The lowest BCUT2D eigenvalue weighted by Crippen LogP contribution is -2.28. The lowest BCUT2D eigenvalue weighted by Gasteiger charge is -2.19. The van der Waals surface area contributed by atoms with Gasteiger partial charge in [-0.25, -0.2) is 0 Å². The fraction of sp³-hybridized carbons (Fsp3) is 0.353. The summed E-state index contributed by atoms with van der Waals surface area (Å²) in [5.74, 6) is 0.733. The maximum absolute atomic E-state index is 11.8. The minimum absolute atomic E-state index is 0.0461. The highest BCUT2D eigenvalue weighted by atomic mass is 16.5. The third kappa shape index (κ3) is 3.34. The van der Waals surface area contributed by atoms with Crippen LogP contribution >= 0.6 is 0 Å². The molecule has 2 rings (SSSR count). The van der Waals surface area contributed by atoms with E-state index in [2.05, 4.69) is 24.4 Å². The van der Waals surface area contributed by atoms with Crippen LogP contribution in [0.3, 0.4) is 0 Å². The van der Waals surface area contributed by atoms with Crippen molar-refractivity contribution in [3.8, 4) is 5.75 Å². The van der Waals surface area contributed by atoms with Gasteiger partial charge in [0.25, 0.3) is 5.91 Å². The molecule has 1 atom stereocenters. The van der Waals surface area contributed by atoms with E-state index in [-0.39, 0.29) is 18.6 Å². The Bertz CT molecular complexity index is 638. The normalized spacial score (nSPS) is 12.2. The van der Waals surface area contributed by atoms with Gasteiger partial charge < -0.3 is 15.0 Å². The summed E-state index contributed by atoms with van der Waals surface area (Å²) in [6, 6.07) is 12.3. The summed E-state index contributed by atoms with van der Waals surface area (Å²) in [7, 11) is 5.37. The first-order valence-corrected chi connectivity index (χ1v) is 7.06. The zero-order valence-electron chi connectivity index (χ0n) is 13.0. The highest BCUT2D eigenvalue weighted by Crippen LogP contribution is 2.33. The first kappa shape index (κ1) is 15.3. The fourth-order valence-corrected chi connectivity index (χ4v) is 2.18. The second-order valence-corrected chi connectivity index (χ2v) is 5.29. The second kappa shape index (κ2) is 6.59. The lowest BCUT2D eigenvalue weighted by atomic mass is 10.0. The number of rotatable bonds is 5. The molecule has 112 valence electrons. The van der Waals surface area contributed by atoms with E-state index < -0.39 is 0 Å². The van der Waals surface area contributed by atoms with E-state index in [4.69, 9.17) is 4.74 Å². The molecule has 1 amide bonds. The largest absolute Gasteiger partial charge is 0.483 e. The first-order chi connectivity index (χ1) is 10.0. The smallest absolute Gasteiger partial charge is 0.259 e. The number of carbonyl (C=O) groups excluding carboxylic acids is 1. The molecule has 0 saturated carbocycles. The van der Waals surface area contributed by atoms with Gasteiger partial charge in [0.2, 0.25) is 0 Å². The van der Waals surface area contributed by atoms with Crippen LogP contribution < -0.4 is 10.1 Å². The molecular weight excluding hydrogens is 264 g/mol. The number of hydrogen-bond donors (Lipinski definition) is 1. The van der Waals surface area contributed by atoms with Crippen molar-refractivity contribution in [2.75, 3.05) is 27.7 Å². The Morgan fingerprint density at radius 1 is 1.24 bits per heavy atom. The summed E-state index contributed by atoms with van der Waals surface area (Å²) in [5, 5.41) is 5.36. The van der Waals surface area contributed by atoms with Gasteiger partial charge in [-0.3, -0.25) is 4.79 Å². The quantitative estimate of drug-likeness (QED) is 0.918. The summed E-state index contributed by atoms with van der Waals surface area (Å²) >= 11 is 0. The van der Waals surface area contributed by atoms with Crippen LogP contribution in [0, 0.1) is 0 Å². The Labute approximate surface area is 125 Å². The average molecular weight is 286 g/mol. The zero-order chi connectivity index (χ0) is 15.4. The van der Waals surface area contributed by atoms with Crippen molar-refractivity contribution in [3.05, 3.63) is 42.0 Å². The van der Waals surface area contributed by atoms with E-state index in [9.17, 15) is 4.79 Å². The van der Waals surface area contributed by atoms with Crippen LogP contribution in [0.5, 0.6) is 5.75 Å². The topological polar surface area (TPSA) is 41.6 Å². The molecule has 1 unspecified atom stereocenters. The zero-order valence-corrected chi connectivity index (χ0v) is 13.0. The van der Waals surface area contributed by atoms with Crippen LogP contribution in [0.2, 0.25) is 0 Å². The molecule has 0 heterocycles. The van der Waals surface area contributed by atoms with E-state index in [1.165, 1.54) is 4.90 Å². The average Bonchev–Trinajstić information content (AvgIpc) is 2.51. The number of carbonyl (C=O) groups is 1. The van der Waals surface area contributed by atoms with Crippen molar-refractivity contribution in [1.82, 2.24) is 10.2 Å². The van der Waals surface area contributed by atoms with Gasteiger partial charge in [0, 0.05) is 31.1 Å². The first-order valence-electron chi connectivity index (χ1n) is 7.06. The summed E-state index contributed by atoms with van der Waals surface area (Å²) in [6.45, 7) is 2.12. The molecule has 0 aromatic heterocycles. The molecule has 0 aliphatic heterocycles. The maximum Gasteiger partial charge on any atom is 0.259 e. The second-order valence-electron chi connectivity index (χ2n) is 5.29. The molecular formula is C17H22N2O2. The van der Waals surface area contributed by atoms with Gasteiger partial charge >= 0.3 is 0 Å². The van der Waals surface area contributed by atoms with Crippen molar-refractivity contribution < 1.29 is 9.53 Å². The third-order valence-electron chi connectivity index (χ3n) is 3.65. The maximum atomic E-state index is 11.8. The van der Waals surface area contributed by atoms with Crippen molar-refractivity contribution in [2.45, 2.75) is 13.0 Å². The van der Waals surface area contributed by atoms with Gasteiger partial charge in [-0.1, -0.05) is 36.4 Å². The standard InChI is InChI=1S/C17H22N2O2/c1-12(18-2)14-10-9-13-7-5-6-8-15(13)17(14)21-11-16(20)19(3)4/h5-10,12,18H,11H2,1-4H3. The van der Waals surface area contributed by atoms with Gasteiger partial charge in [-0.15, -0.1) is 0 Å². The van der Waals surface area contributed by atoms with E-state index in [1.54, 1.807) is 14.1 Å². The van der Waals surface area contributed by atoms with Crippen LogP contribution in [0.25, 0.3) is 10.8 Å². The molecule has 0 saturated heterocycles.